The Morgan fingerprint density at radius 1 is 1.14 bits per heavy atom. The Morgan fingerprint density at radius 2 is 1.96 bits per heavy atom. The highest BCUT2D eigenvalue weighted by atomic mass is 35.5. The summed E-state index contributed by atoms with van der Waals surface area (Å²) in [6.45, 7) is 0. The van der Waals surface area contributed by atoms with Gasteiger partial charge in [-0.1, -0.05) is 41.4 Å². The van der Waals surface area contributed by atoms with Crippen molar-refractivity contribution >= 4 is 40.8 Å². The third-order valence-corrected chi connectivity index (χ3v) is 5.30. The monoisotopic (exact) mass is 431 g/mol. The molecule has 0 saturated carbocycles. The maximum Gasteiger partial charge on any atom is 0.227 e. The first-order valence-electron chi connectivity index (χ1n) is 8.68. The van der Waals surface area contributed by atoms with Gasteiger partial charge in [0.1, 0.15) is 5.82 Å². The predicted molar refractivity (Wildman–Crippen MR) is 114 cm³/mol. The van der Waals surface area contributed by atoms with Crippen LogP contribution in [0, 0.1) is 0 Å². The van der Waals surface area contributed by atoms with Gasteiger partial charge in [0.05, 0.1) is 23.0 Å². The van der Waals surface area contributed by atoms with E-state index < -0.39 is 0 Å². The number of anilines is 1. The zero-order chi connectivity index (χ0) is 19.5. The number of aromatic amines is 1. The summed E-state index contributed by atoms with van der Waals surface area (Å²) in [7, 11) is 0. The molecule has 8 heteroatoms. The van der Waals surface area contributed by atoms with E-state index >= 15 is 0 Å². The Balaban J connectivity index is 1.52. The van der Waals surface area contributed by atoms with Crippen LogP contribution in [-0.4, -0.2) is 25.3 Å². The van der Waals surface area contributed by atoms with Crippen molar-refractivity contribution in [1.82, 2.24) is 19.9 Å². The minimum atomic E-state index is 0.0350. The van der Waals surface area contributed by atoms with Gasteiger partial charge in [-0.15, -0.1) is 11.6 Å². The number of nitrogens with zero attached hydrogens (tertiary/aromatic N) is 3. The SMILES string of the molecule is Clc1cccc(Cl)c1Cc1ncc(-c2ccnc(NC3=CCC(Cl)C=C3)n2)[nH]1. The molecule has 2 N–H and O–H groups in total. The summed E-state index contributed by atoms with van der Waals surface area (Å²) < 4.78 is 0. The maximum absolute atomic E-state index is 6.25. The lowest BCUT2D eigenvalue weighted by Crippen LogP contribution is -2.07. The lowest BCUT2D eigenvalue weighted by Gasteiger charge is -2.11. The highest BCUT2D eigenvalue weighted by Gasteiger charge is 2.12. The van der Waals surface area contributed by atoms with E-state index in [1.54, 1.807) is 12.4 Å². The second-order valence-electron chi connectivity index (χ2n) is 6.28. The highest BCUT2D eigenvalue weighted by Crippen LogP contribution is 2.27. The number of aromatic nitrogens is 4. The molecule has 142 valence electrons. The number of hydrogen-bond acceptors (Lipinski definition) is 4. The third-order valence-electron chi connectivity index (χ3n) is 4.27. The van der Waals surface area contributed by atoms with E-state index in [0.717, 1.165) is 34.9 Å². The number of hydrogen-bond donors (Lipinski definition) is 2. The molecule has 1 aromatic carbocycles. The van der Waals surface area contributed by atoms with Crippen LogP contribution >= 0.6 is 34.8 Å². The molecular weight excluding hydrogens is 417 g/mol. The number of rotatable bonds is 5. The summed E-state index contributed by atoms with van der Waals surface area (Å²) in [5, 5.41) is 4.47. The van der Waals surface area contributed by atoms with Gasteiger partial charge in [0.2, 0.25) is 5.95 Å². The fourth-order valence-electron chi connectivity index (χ4n) is 2.84. The van der Waals surface area contributed by atoms with Gasteiger partial charge < -0.3 is 10.3 Å². The topological polar surface area (TPSA) is 66.5 Å². The average Bonchev–Trinajstić information content (AvgIpc) is 3.16. The number of alkyl halides is 1. The lowest BCUT2D eigenvalue weighted by molar-refractivity contribution is 1.02. The van der Waals surface area contributed by atoms with Crippen molar-refractivity contribution in [1.29, 1.82) is 0 Å². The molecule has 4 rings (SSSR count). The van der Waals surface area contributed by atoms with Crippen molar-refractivity contribution in [2.75, 3.05) is 5.32 Å². The molecule has 0 saturated heterocycles. The van der Waals surface area contributed by atoms with Crippen LogP contribution in [0.5, 0.6) is 0 Å². The van der Waals surface area contributed by atoms with Crippen LogP contribution in [0.3, 0.4) is 0 Å². The summed E-state index contributed by atoms with van der Waals surface area (Å²) in [6.07, 6.45) is 10.6. The predicted octanol–water partition coefficient (Wildman–Crippen LogP) is 5.63. The first-order valence-corrected chi connectivity index (χ1v) is 9.87. The van der Waals surface area contributed by atoms with E-state index in [0.29, 0.717) is 22.4 Å². The second kappa shape index (κ2) is 8.35. The zero-order valence-corrected chi connectivity index (χ0v) is 16.9. The van der Waals surface area contributed by atoms with Crippen LogP contribution in [0.2, 0.25) is 10.0 Å². The molecule has 5 nitrogen and oxygen atoms in total. The summed E-state index contributed by atoms with van der Waals surface area (Å²) in [6, 6.07) is 7.28. The largest absolute Gasteiger partial charge is 0.340 e. The van der Waals surface area contributed by atoms with Gasteiger partial charge >= 0.3 is 0 Å². The van der Waals surface area contributed by atoms with Crippen molar-refractivity contribution < 1.29 is 0 Å². The van der Waals surface area contributed by atoms with Gasteiger partial charge in [-0.2, -0.15) is 0 Å². The van der Waals surface area contributed by atoms with E-state index in [2.05, 4.69) is 25.3 Å². The summed E-state index contributed by atoms with van der Waals surface area (Å²) >= 11 is 18.6. The smallest absolute Gasteiger partial charge is 0.227 e. The van der Waals surface area contributed by atoms with Gasteiger partial charge in [-0.25, -0.2) is 15.0 Å². The van der Waals surface area contributed by atoms with Gasteiger partial charge in [0.25, 0.3) is 0 Å². The standard InChI is InChI=1S/C20H16Cl3N5/c21-12-4-6-13(7-5-12)26-20-24-9-8-17(28-20)18-11-25-19(27-18)10-14-15(22)2-1-3-16(14)23/h1-4,6-9,11-12H,5,10H2,(H,25,27)(H,24,26,28). The minimum absolute atomic E-state index is 0.0350. The zero-order valence-electron chi connectivity index (χ0n) is 14.7. The Hall–Kier alpha value is -2.34. The summed E-state index contributed by atoms with van der Waals surface area (Å²) in [5.41, 5.74) is 3.29. The van der Waals surface area contributed by atoms with Crippen molar-refractivity contribution in [3.63, 3.8) is 0 Å². The van der Waals surface area contributed by atoms with Crippen LogP contribution in [-0.2, 0) is 6.42 Å². The molecule has 1 unspecified atom stereocenters. The molecule has 0 radical (unpaired) electrons. The second-order valence-corrected chi connectivity index (χ2v) is 7.66. The molecule has 1 aliphatic rings. The van der Waals surface area contributed by atoms with Crippen molar-refractivity contribution in [2.45, 2.75) is 18.2 Å². The van der Waals surface area contributed by atoms with Crippen LogP contribution in [0.15, 0.2) is 60.6 Å². The fourth-order valence-corrected chi connectivity index (χ4v) is 3.53. The maximum atomic E-state index is 6.25. The molecule has 0 bridgehead atoms. The molecule has 2 heterocycles. The molecule has 3 aromatic rings. The normalized spacial score (nSPS) is 16.1. The van der Waals surface area contributed by atoms with E-state index in [9.17, 15) is 0 Å². The van der Waals surface area contributed by atoms with Gasteiger partial charge in [0, 0.05) is 28.4 Å². The molecule has 2 aromatic heterocycles. The molecule has 1 atom stereocenters. The van der Waals surface area contributed by atoms with Crippen molar-refractivity contribution in [2.24, 2.45) is 0 Å². The van der Waals surface area contributed by atoms with Crippen molar-refractivity contribution in [3.05, 3.63) is 82.0 Å². The summed E-state index contributed by atoms with van der Waals surface area (Å²) in [5.74, 6) is 1.26. The Labute approximate surface area is 177 Å². The first kappa shape index (κ1) is 19.0. The first-order chi connectivity index (χ1) is 13.6. The van der Waals surface area contributed by atoms with E-state index in [4.69, 9.17) is 34.8 Å². The Kier molecular flexibility index (Phi) is 5.67. The number of nitrogens with one attached hydrogen (secondary N) is 2. The van der Waals surface area contributed by atoms with Crippen LogP contribution in [0.1, 0.15) is 17.8 Å². The third kappa shape index (κ3) is 4.38. The number of halogens is 3. The molecule has 0 amide bonds. The molecule has 1 aliphatic carbocycles. The Bertz CT molecular complexity index is 1040. The van der Waals surface area contributed by atoms with E-state index in [1.165, 1.54) is 0 Å². The number of imidazole rings is 1. The average molecular weight is 433 g/mol. The van der Waals surface area contributed by atoms with Crippen LogP contribution in [0.4, 0.5) is 5.95 Å². The highest BCUT2D eigenvalue weighted by molar-refractivity contribution is 6.36. The molecule has 0 spiro atoms. The van der Waals surface area contributed by atoms with E-state index in [1.807, 2.05) is 42.5 Å². The van der Waals surface area contributed by atoms with Crippen molar-refractivity contribution in [3.8, 4) is 11.4 Å². The molecule has 28 heavy (non-hydrogen) atoms. The van der Waals surface area contributed by atoms with Crippen LogP contribution in [0.25, 0.3) is 11.4 Å². The Morgan fingerprint density at radius 3 is 2.71 bits per heavy atom. The molecule has 0 fully saturated rings. The van der Waals surface area contributed by atoms with Crippen LogP contribution < -0.4 is 5.32 Å². The molecule has 0 aliphatic heterocycles. The fraction of sp³-hybridized carbons (Fsp3) is 0.150. The number of allylic oxidation sites excluding steroid dienone is 3. The van der Waals surface area contributed by atoms with Gasteiger partial charge in [-0.05, 0) is 36.3 Å². The quantitative estimate of drug-likeness (QED) is 0.513. The number of H-pyrrole nitrogens is 1. The lowest BCUT2D eigenvalue weighted by atomic mass is 10.1. The van der Waals surface area contributed by atoms with Gasteiger partial charge in [-0.3, -0.25) is 0 Å². The summed E-state index contributed by atoms with van der Waals surface area (Å²) in [4.78, 5) is 16.5. The molecular formula is C20H16Cl3N5. The number of benzene rings is 1. The van der Waals surface area contributed by atoms with Gasteiger partial charge in [0.15, 0.2) is 0 Å². The van der Waals surface area contributed by atoms with E-state index in [-0.39, 0.29) is 5.38 Å². The minimum Gasteiger partial charge on any atom is -0.340 e.